The molecule has 0 aromatic carbocycles. The van der Waals surface area contributed by atoms with Crippen LogP contribution in [0.3, 0.4) is 0 Å². The van der Waals surface area contributed by atoms with E-state index < -0.39 is 10.0 Å². The lowest BCUT2D eigenvalue weighted by Crippen LogP contribution is -2.44. The van der Waals surface area contributed by atoms with Crippen LogP contribution in [0, 0.1) is 6.92 Å². The number of hydrogen-bond acceptors (Lipinski definition) is 5. The molecule has 0 radical (unpaired) electrons. The highest BCUT2D eigenvalue weighted by molar-refractivity contribution is 7.89. The van der Waals surface area contributed by atoms with Gasteiger partial charge in [0, 0.05) is 45.1 Å². The van der Waals surface area contributed by atoms with E-state index in [0.29, 0.717) is 25.7 Å². The highest BCUT2D eigenvalue weighted by atomic mass is 32.2. The average Bonchev–Trinajstić information content (AvgIpc) is 3.02. The molecule has 0 spiro atoms. The number of hydrogen-bond donors (Lipinski definition) is 1. The van der Waals surface area contributed by atoms with Gasteiger partial charge in [0.25, 0.3) is 0 Å². The minimum Gasteiger partial charge on any atom is -0.308 e. The summed E-state index contributed by atoms with van der Waals surface area (Å²) in [6.07, 6.45) is 6.41. The molecule has 8 heteroatoms. The Labute approximate surface area is 142 Å². The number of nitrogens with one attached hydrogen (secondary N) is 1. The number of rotatable bonds is 5. The third-order valence-corrected chi connectivity index (χ3v) is 6.17. The fourth-order valence-electron chi connectivity index (χ4n) is 2.83. The van der Waals surface area contributed by atoms with Crippen LogP contribution in [0.15, 0.2) is 35.6 Å². The topological polar surface area (TPSA) is 80.1 Å². The van der Waals surface area contributed by atoms with Gasteiger partial charge in [-0.15, -0.1) is 0 Å². The average molecular weight is 349 g/mol. The molecular formula is C16H23N5O2S. The van der Waals surface area contributed by atoms with E-state index in [-0.39, 0.29) is 4.90 Å². The molecule has 0 unspecified atom stereocenters. The van der Waals surface area contributed by atoms with Crippen molar-refractivity contribution < 1.29 is 8.42 Å². The number of aryl methyl sites for hydroxylation is 2. The Morgan fingerprint density at radius 3 is 2.58 bits per heavy atom. The molecule has 3 heterocycles. The first-order valence-electron chi connectivity index (χ1n) is 8.09. The Morgan fingerprint density at radius 2 is 2.00 bits per heavy atom. The van der Waals surface area contributed by atoms with Gasteiger partial charge >= 0.3 is 0 Å². The van der Waals surface area contributed by atoms with Crippen LogP contribution in [-0.4, -0.2) is 46.6 Å². The summed E-state index contributed by atoms with van der Waals surface area (Å²) >= 11 is 0. The normalized spacial score (nSPS) is 17.2. The first-order chi connectivity index (χ1) is 11.4. The van der Waals surface area contributed by atoms with E-state index in [1.165, 1.54) is 10.9 Å². The summed E-state index contributed by atoms with van der Waals surface area (Å²) in [5, 5.41) is 7.43. The molecule has 2 aromatic rings. The van der Waals surface area contributed by atoms with Gasteiger partial charge in [0.1, 0.15) is 4.90 Å². The van der Waals surface area contributed by atoms with Crippen LogP contribution < -0.4 is 5.32 Å². The molecular weight excluding hydrogens is 326 g/mol. The molecule has 0 saturated carbocycles. The minimum atomic E-state index is -3.43. The summed E-state index contributed by atoms with van der Waals surface area (Å²) in [6.45, 7) is 3.77. The van der Waals surface area contributed by atoms with Crippen molar-refractivity contribution >= 4 is 10.0 Å². The maximum absolute atomic E-state index is 12.6. The zero-order valence-electron chi connectivity index (χ0n) is 14.0. The smallest absolute Gasteiger partial charge is 0.246 e. The molecule has 1 aliphatic heterocycles. The largest absolute Gasteiger partial charge is 0.308 e. The lowest BCUT2D eigenvalue weighted by Gasteiger charge is -2.31. The van der Waals surface area contributed by atoms with Crippen LogP contribution in [0.2, 0.25) is 0 Å². The summed E-state index contributed by atoms with van der Waals surface area (Å²) in [7, 11) is -1.71. The molecule has 130 valence electrons. The number of aromatic nitrogens is 3. The van der Waals surface area contributed by atoms with Gasteiger partial charge in [0.15, 0.2) is 0 Å². The van der Waals surface area contributed by atoms with E-state index in [9.17, 15) is 8.42 Å². The Morgan fingerprint density at radius 1 is 1.25 bits per heavy atom. The summed E-state index contributed by atoms with van der Waals surface area (Å²) < 4.78 is 28.2. The molecule has 1 saturated heterocycles. The van der Waals surface area contributed by atoms with Gasteiger partial charge in [0.05, 0.1) is 11.9 Å². The number of sulfonamides is 1. The van der Waals surface area contributed by atoms with Gasteiger partial charge in [-0.2, -0.15) is 9.40 Å². The third kappa shape index (κ3) is 3.82. The molecule has 1 fully saturated rings. The first-order valence-corrected chi connectivity index (χ1v) is 9.53. The quantitative estimate of drug-likeness (QED) is 0.873. The van der Waals surface area contributed by atoms with Crippen LogP contribution in [0.25, 0.3) is 0 Å². The summed E-state index contributed by atoms with van der Waals surface area (Å²) in [5.41, 5.74) is 2.15. The summed E-state index contributed by atoms with van der Waals surface area (Å²) in [6, 6.07) is 4.38. The van der Waals surface area contributed by atoms with Crippen LogP contribution >= 0.6 is 0 Å². The molecule has 0 aliphatic carbocycles. The predicted molar refractivity (Wildman–Crippen MR) is 90.8 cm³/mol. The zero-order chi connectivity index (χ0) is 17.2. The third-order valence-electron chi connectivity index (χ3n) is 4.32. The number of pyridine rings is 1. The van der Waals surface area contributed by atoms with Crippen molar-refractivity contribution in [1.29, 1.82) is 0 Å². The van der Waals surface area contributed by atoms with Crippen molar-refractivity contribution in [3.63, 3.8) is 0 Å². The van der Waals surface area contributed by atoms with E-state index in [0.717, 1.165) is 24.1 Å². The van der Waals surface area contributed by atoms with E-state index in [4.69, 9.17) is 0 Å². The van der Waals surface area contributed by atoms with Gasteiger partial charge < -0.3 is 5.32 Å². The molecule has 2 aromatic heterocycles. The SMILES string of the molecule is Cc1ccc(CNC2CCN(S(=O)(=O)c3cnn(C)c3)CC2)nc1. The molecule has 1 aliphatic rings. The van der Waals surface area contributed by atoms with Crippen molar-refractivity contribution in [2.75, 3.05) is 13.1 Å². The molecule has 0 atom stereocenters. The van der Waals surface area contributed by atoms with Crippen molar-refractivity contribution in [2.45, 2.75) is 37.2 Å². The van der Waals surface area contributed by atoms with Gasteiger partial charge in [-0.1, -0.05) is 6.07 Å². The zero-order valence-corrected chi connectivity index (χ0v) is 14.8. The fourth-order valence-corrected chi connectivity index (χ4v) is 4.29. The monoisotopic (exact) mass is 349 g/mol. The Hall–Kier alpha value is -1.77. The van der Waals surface area contributed by atoms with E-state index in [1.54, 1.807) is 17.5 Å². The van der Waals surface area contributed by atoms with Crippen molar-refractivity contribution in [3.05, 3.63) is 42.0 Å². The maximum atomic E-state index is 12.6. The van der Waals surface area contributed by atoms with Crippen molar-refractivity contribution in [1.82, 2.24) is 24.4 Å². The van der Waals surface area contributed by atoms with E-state index >= 15 is 0 Å². The van der Waals surface area contributed by atoms with Crippen LogP contribution in [0.1, 0.15) is 24.1 Å². The van der Waals surface area contributed by atoms with Gasteiger partial charge in [0.2, 0.25) is 10.0 Å². The van der Waals surface area contributed by atoms with E-state index in [2.05, 4.69) is 15.4 Å². The van der Waals surface area contributed by atoms with Crippen LogP contribution in [-0.2, 0) is 23.6 Å². The molecule has 7 nitrogen and oxygen atoms in total. The van der Waals surface area contributed by atoms with Gasteiger partial charge in [-0.05, 0) is 31.4 Å². The molecule has 1 N–H and O–H groups in total. The van der Waals surface area contributed by atoms with E-state index in [1.807, 2.05) is 25.3 Å². The van der Waals surface area contributed by atoms with Crippen molar-refractivity contribution in [2.24, 2.45) is 7.05 Å². The first kappa shape index (κ1) is 17.1. The van der Waals surface area contributed by atoms with Gasteiger partial charge in [-0.3, -0.25) is 9.67 Å². The summed E-state index contributed by atoms with van der Waals surface area (Å²) in [5.74, 6) is 0. The second-order valence-corrected chi connectivity index (χ2v) is 8.17. The number of nitrogens with zero attached hydrogens (tertiary/aromatic N) is 4. The summed E-state index contributed by atoms with van der Waals surface area (Å²) in [4.78, 5) is 4.64. The second kappa shape index (κ2) is 7.00. The standard InChI is InChI=1S/C16H23N5O2S/c1-13-3-4-15(17-9-13)10-18-14-5-7-21(8-6-14)24(22,23)16-11-19-20(2)12-16/h3-4,9,11-12,14,18H,5-8,10H2,1-2H3. The van der Waals surface area contributed by atoms with Crippen LogP contribution in [0.5, 0.6) is 0 Å². The molecule has 24 heavy (non-hydrogen) atoms. The molecule has 3 rings (SSSR count). The highest BCUT2D eigenvalue weighted by Gasteiger charge is 2.30. The predicted octanol–water partition coefficient (Wildman–Crippen LogP) is 1.07. The van der Waals surface area contributed by atoms with Gasteiger partial charge in [-0.25, -0.2) is 8.42 Å². The van der Waals surface area contributed by atoms with Crippen LogP contribution in [0.4, 0.5) is 0 Å². The fraction of sp³-hybridized carbons (Fsp3) is 0.500. The van der Waals surface area contributed by atoms with Crippen molar-refractivity contribution in [3.8, 4) is 0 Å². The maximum Gasteiger partial charge on any atom is 0.246 e. The highest BCUT2D eigenvalue weighted by Crippen LogP contribution is 2.20. The lowest BCUT2D eigenvalue weighted by atomic mass is 10.1. The molecule has 0 bridgehead atoms. The Kier molecular flexibility index (Phi) is 4.98. The number of piperidine rings is 1. The molecule has 0 amide bonds. The second-order valence-electron chi connectivity index (χ2n) is 6.24. The Bertz CT molecular complexity index is 777. The lowest BCUT2D eigenvalue weighted by molar-refractivity contribution is 0.288. The Balaban J connectivity index is 1.53. The minimum absolute atomic E-state index is 0.264.